The lowest BCUT2D eigenvalue weighted by atomic mass is 9.85. The second-order valence-corrected chi connectivity index (χ2v) is 9.33. The smallest absolute Gasteiger partial charge is 0.346 e. The summed E-state index contributed by atoms with van der Waals surface area (Å²) in [4.78, 5) is 31.6. The van der Waals surface area contributed by atoms with Crippen LogP contribution in [-0.2, 0) is 6.18 Å². The zero-order valence-corrected chi connectivity index (χ0v) is 19.5. The van der Waals surface area contributed by atoms with Crippen molar-refractivity contribution < 1.29 is 22.4 Å². The van der Waals surface area contributed by atoms with E-state index in [0.29, 0.717) is 44.5 Å². The summed E-state index contributed by atoms with van der Waals surface area (Å²) >= 11 is 0. The molecule has 5 heterocycles. The van der Waals surface area contributed by atoms with Crippen molar-refractivity contribution in [2.24, 2.45) is 0 Å². The molecule has 1 aliphatic heterocycles. The first-order valence-corrected chi connectivity index (χ1v) is 11.9. The lowest BCUT2D eigenvalue weighted by molar-refractivity contribution is -0.138. The first-order valence-electron chi connectivity index (χ1n) is 11.9. The van der Waals surface area contributed by atoms with Crippen LogP contribution in [0.15, 0.2) is 43.2 Å². The number of rotatable bonds is 4. The van der Waals surface area contributed by atoms with Crippen LogP contribution in [0.4, 0.5) is 17.6 Å². The normalized spacial score (nSPS) is 20.8. The van der Waals surface area contributed by atoms with Gasteiger partial charge in [0.1, 0.15) is 12.0 Å². The molecule has 1 saturated heterocycles. The summed E-state index contributed by atoms with van der Waals surface area (Å²) in [6.07, 6.45) is 4.75. The fourth-order valence-electron chi connectivity index (χ4n) is 5.03. The van der Waals surface area contributed by atoms with E-state index in [4.69, 9.17) is 0 Å². The number of hydrogen-bond donors (Lipinski definition) is 1. The molecule has 0 radical (unpaired) electrons. The van der Waals surface area contributed by atoms with Gasteiger partial charge in [-0.25, -0.2) is 19.3 Å². The van der Waals surface area contributed by atoms with Crippen LogP contribution in [0.2, 0.25) is 0 Å². The fraction of sp³-hybridized carbons (Fsp3) is 0.375. The number of nitrogens with zero attached hydrogens (tertiary/aromatic N) is 7. The number of aromatic nitrogens is 6. The van der Waals surface area contributed by atoms with E-state index in [9.17, 15) is 22.4 Å². The third kappa shape index (κ3) is 4.32. The summed E-state index contributed by atoms with van der Waals surface area (Å²) in [7, 11) is 0. The minimum absolute atomic E-state index is 0.257. The molecule has 37 heavy (non-hydrogen) atoms. The van der Waals surface area contributed by atoms with E-state index >= 15 is 0 Å². The zero-order chi connectivity index (χ0) is 25.7. The minimum Gasteiger partial charge on any atom is -0.346 e. The number of halogens is 4. The molecule has 2 aliphatic rings. The number of hydrogen-bond acceptors (Lipinski definition) is 6. The van der Waals surface area contributed by atoms with Crippen LogP contribution in [0.3, 0.4) is 0 Å². The summed E-state index contributed by atoms with van der Waals surface area (Å²) in [5.74, 6) is -1.95. The van der Waals surface area contributed by atoms with Gasteiger partial charge >= 0.3 is 6.18 Å². The molecule has 0 atom stereocenters. The van der Waals surface area contributed by atoms with Crippen molar-refractivity contribution in [3.63, 3.8) is 0 Å². The third-order valence-corrected chi connectivity index (χ3v) is 7.18. The molecule has 1 saturated carbocycles. The number of alkyl halides is 3. The van der Waals surface area contributed by atoms with Gasteiger partial charge in [0.25, 0.3) is 5.91 Å². The van der Waals surface area contributed by atoms with Crippen LogP contribution in [0.1, 0.15) is 34.9 Å². The monoisotopic (exact) mass is 514 g/mol. The molecule has 0 aromatic carbocycles. The quantitative estimate of drug-likeness (QED) is 0.419. The summed E-state index contributed by atoms with van der Waals surface area (Å²) in [5.41, 5.74) is 0.723. The first-order chi connectivity index (χ1) is 17.8. The van der Waals surface area contributed by atoms with Gasteiger partial charge in [-0.05, 0) is 25.0 Å². The van der Waals surface area contributed by atoms with Gasteiger partial charge in [-0.15, -0.1) is 0 Å². The second-order valence-electron chi connectivity index (χ2n) is 9.33. The highest BCUT2D eigenvalue weighted by Crippen LogP contribution is 2.37. The number of amides is 1. The maximum Gasteiger partial charge on any atom is 0.417 e. The lowest BCUT2D eigenvalue weighted by Gasteiger charge is -2.46. The van der Waals surface area contributed by atoms with Gasteiger partial charge in [0.15, 0.2) is 11.5 Å². The van der Waals surface area contributed by atoms with Gasteiger partial charge in [-0.3, -0.25) is 14.4 Å². The largest absolute Gasteiger partial charge is 0.417 e. The van der Waals surface area contributed by atoms with E-state index in [1.807, 2.05) is 23.1 Å². The Kier molecular flexibility index (Phi) is 5.66. The Balaban J connectivity index is 1.04. The van der Waals surface area contributed by atoms with Crippen molar-refractivity contribution in [2.75, 3.05) is 26.2 Å². The van der Waals surface area contributed by atoms with E-state index in [0.717, 1.165) is 35.1 Å². The number of aromatic amines is 1. The van der Waals surface area contributed by atoms with Crippen molar-refractivity contribution in [2.45, 2.75) is 31.1 Å². The van der Waals surface area contributed by atoms with E-state index in [2.05, 4.69) is 29.9 Å². The molecule has 0 bridgehead atoms. The fourth-order valence-corrected chi connectivity index (χ4v) is 5.03. The van der Waals surface area contributed by atoms with E-state index < -0.39 is 29.2 Å². The van der Waals surface area contributed by atoms with Crippen LogP contribution < -0.4 is 0 Å². The molecule has 192 valence electrons. The van der Waals surface area contributed by atoms with Crippen molar-refractivity contribution in [3.05, 3.63) is 60.3 Å². The van der Waals surface area contributed by atoms with Gasteiger partial charge in [0.05, 0.1) is 23.5 Å². The number of fused-ring (bicyclic) bond motifs is 1. The Labute approximate surface area is 208 Å². The topological polar surface area (TPSA) is 95.8 Å². The van der Waals surface area contributed by atoms with Crippen molar-refractivity contribution in [1.29, 1.82) is 0 Å². The van der Waals surface area contributed by atoms with E-state index in [1.165, 1.54) is 11.2 Å². The van der Waals surface area contributed by atoms with Gasteiger partial charge in [-0.2, -0.15) is 18.3 Å². The molecule has 4 aromatic rings. The van der Waals surface area contributed by atoms with Crippen LogP contribution in [-0.4, -0.2) is 77.6 Å². The SMILES string of the molecule is O=C(c1ncc(C(F)(F)F)cc1F)N1CCN(C2CC(n3cc(-c4ncnc5[nH]ccc45)cn3)C2)CC1. The standard InChI is InChI=1S/C24H22F4N8O/c25-19-7-15(24(26,27)28)11-30-21(19)23(37)35-5-3-34(4-6-35)16-8-17(9-16)36-12-14(10-33-36)20-18-1-2-29-22(18)32-13-31-20/h1-2,7,10-13,16-17H,3-6,8-9H2,(H,29,31,32). The molecule has 2 fully saturated rings. The number of carbonyl (C=O) groups is 1. The van der Waals surface area contributed by atoms with Gasteiger partial charge in [0.2, 0.25) is 0 Å². The van der Waals surface area contributed by atoms with Crippen molar-refractivity contribution in [1.82, 2.24) is 39.5 Å². The number of piperazine rings is 1. The number of pyridine rings is 1. The maximum atomic E-state index is 14.2. The highest BCUT2D eigenvalue weighted by Gasteiger charge is 2.38. The Bertz CT molecular complexity index is 1450. The average Bonchev–Trinajstić information content (AvgIpc) is 3.52. The third-order valence-electron chi connectivity index (χ3n) is 7.18. The molecule has 13 heteroatoms. The molecular formula is C24H22F4N8O. The number of carbonyl (C=O) groups excluding carboxylic acids is 1. The zero-order valence-electron chi connectivity index (χ0n) is 19.5. The number of H-pyrrole nitrogens is 1. The molecule has 0 unspecified atom stereocenters. The predicted octanol–water partition coefficient (Wildman–Crippen LogP) is 3.54. The van der Waals surface area contributed by atoms with Crippen LogP contribution >= 0.6 is 0 Å². The van der Waals surface area contributed by atoms with Crippen molar-refractivity contribution >= 4 is 16.9 Å². The number of nitrogens with one attached hydrogen (secondary N) is 1. The molecule has 0 spiro atoms. The van der Waals surface area contributed by atoms with E-state index in [-0.39, 0.29) is 6.04 Å². The maximum absolute atomic E-state index is 14.2. The lowest BCUT2D eigenvalue weighted by Crippen LogP contribution is -2.55. The second kappa shape index (κ2) is 8.91. The molecule has 6 rings (SSSR count). The molecular weight excluding hydrogens is 492 g/mol. The molecule has 1 amide bonds. The molecule has 9 nitrogen and oxygen atoms in total. The highest BCUT2D eigenvalue weighted by molar-refractivity contribution is 5.92. The summed E-state index contributed by atoms with van der Waals surface area (Å²) in [6, 6.07) is 2.85. The molecule has 1 aliphatic carbocycles. The summed E-state index contributed by atoms with van der Waals surface area (Å²) in [5, 5.41) is 5.48. The van der Waals surface area contributed by atoms with Gasteiger partial charge in [0, 0.05) is 61.8 Å². The van der Waals surface area contributed by atoms with Crippen LogP contribution in [0.25, 0.3) is 22.3 Å². The van der Waals surface area contributed by atoms with Crippen LogP contribution in [0.5, 0.6) is 0 Å². The minimum atomic E-state index is -4.72. The summed E-state index contributed by atoms with van der Waals surface area (Å²) in [6.45, 7) is 1.91. The van der Waals surface area contributed by atoms with E-state index in [1.54, 1.807) is 6.20 Å². The van der Waals surface area contributed by atoms with Gasteiger partial charge < -0.3 is 9.88 Å². The first kappa shape index (κ1) is 23.5. The predicted molar refractivity (Wildman–Crippen MR) is 124 cm³/mol. The Morgan fingerprint density at radius 3 is 2.54 bits per heavy atom. The Hall–Kier alpha value is -3.87. The molecule has 1 N–H and O–H groups in total. The summed E-state index contributed by atoms with van der Waals surface area (Å²) < 4.78 is 54.4. The highest BCUT2D eigenvalue weighted by atomic mass is 19.4. The van der Waals surface area contributed by atoms with Gasteiger partial charge in [-0.1, -0.05) is 0 Å². The van der Waals surface area contributed by atoms with Crippen molar-refractivity contribution in [3.8, 4) is 11.3 Å². The van der Waals surface area contributed by atoms with Crippen LogP contribution in [0, 0.1) is 5.82 Å². The Morgan fingerprint density at radius 2 is 1.81 bits per heavy atom. The average molecular weight is 514 g/mol. The molecule has 4 aromatic heterocycles. The Morgan fingerprint density at radius 1 is 1.03 bits per heavy atom.